The first-order chi connectivity index (χ1) is 40.9. The molecule has 5 heterocycles. The Morgan fingerprint density at radius 3 is 1.81 bits per heavy atom. The van der Waals surface area contributed by atoms with Gasteiger partial charge in [0.1, 0.15) is 60.0 Å². The number of ether oxygens (including phenoxy) is 14. The van der Waals surface area contributed by atoms with Gasteiger partial charge in [-0.1, -0.05) is 44.2 Å². The zero-order chi connectivity index (χ0) is 61.7. The van der Waals surface area contributed by atoms with Crippen LogP contribution in [0.3, 0.4) is 0 Å². The number of methoxy groups -OCH3 is 4. The van der Waals surface area contributed by atoms with E-state index in [1.807, 2.05) is 51.1 Å². The third-order valence-corrected chi connectivity index (χ3v) is 21.6. The van der Waals surface area contributed by atoms with E-state index in [0.29, 0.717) is 44.9 Å². The van der Waals surface area contributed by atoms with Crippen molar-refractivity contribution in [1.82, 2.24) is 4.98 Å². The van der Waals surface area contributed by atoms with Crippen molar-refractivity contribution >= 4 is 18.0 Å². The topological polar surface area (TPSA) is 277 Å². The molecule has 22 heteroatoms. The summed E-state index contributed by atoms with van der Waals surface area (Å²) >= 11 is 0. The summed E-state index contributed by atoms with van der Waals surface area (Å²) in [5.41, 5.74) is -6.89. The van der Waals surface area contributed by atoms with Crippen LogP contribution in [-0.4, -0.2) is 211 Å². The van der Waals surface area contributed by atoms with Crippen molar-refractivity contribution in [2.45, 2.75) is 259 Å². The van der Waals surface area contributed by atoms with E-state index in [-0.39, 0.29) is 43.3 Å². The second-order valence-electron chi connectivity index (χ2n) is 26.0. The van der Waals surface area contributed by atoms with E-state index in [2.05, 4.69) is 11.9 Å². The van der Waals surface area contributed by atoms with Gasteiger partial charge in [-0.15, -0.1) is 0 Å². The van der Waals surface area contributed by atoms with Crippen molar-refractivity contribution < 1.29 is 101 Å². The molecule has 2 aromatic rings. The predicted molar refractivity (Wildman–Crippen MR) is 305 cm³/mol. The van der Waals surface area contributed by atoms with Crippen molar-refractivity contribution in [3.05, 3.63) is 72.1 Å². The van der Waals surface area contributed by atoms with Crippen LogP contribution < -0.4 is 0 Å². The summed E-state index contributed by atoms with van der Waals surface area (Å²) in [5, 5.41) is 61.3. The lowest BCUT2D eigenvalue weighted by molar-refractivity contribution is -0.356. The first-order valence-corrected chi connectivity index (χ1v) is 30.9. The standard InChI is InChI=1S/C64H93NO21/c1-34-52(67)57(76-11)53(68)59(80-34)86-56-37(4)79-51(31-45(56)75-10)85-55-36(3)78-50(30-44(55)74-9)84-54-35(2)77-49(29-43(54)73-8)82-42-22-23-60(6)41(28-42)21-24-63(71)46(60)32-47(83-48(66)20-19-39-16-13-12-14-17-39)61(7)62(70,25-26-64(61,63)72)38(5)81-58(69)40-18-15-27-65-33-40/h12-20,27,33-38,41-47,49-57,59,67-68,70-72H,21-26,28-32H2,1-11H3. The lowest BCUT2D eigenvalue weighted by atomic mass is 9.40. The van der Waals surface area contributed by atoms with Gasteiger partial charge in [-0.3, -0.25) is 4.98 Å². The van der Waals surface area contributed by atoms with Gasteiger partial charge in [0.25, 0.3) is 0 Å². The highest BCUT2D eigenvalue weighted by Gasteiger charge is 2.82. The van der Waals surface area contributed by atoms with Crippen molar-refractivity contribution in [2.24, 2.45) is 22.7 Å². The summed E-state index contributed by atoms with van der Waals surface area (Å²) in [7, 11) is 6.25. The summed E-state index contributed by atoms with van der Waals surface area (Å²) < 4.78 is 87.6. The first-order valence-electron chi connectivity index (χ1n) is 30.9. The molecule has 4 aliphatic carbocycles. The van der Waals surface area contributed by atoms with Crippen LogP contribution in [-0.2, 0) is 71.1 Å². The van der Waals surface area contributed by atoms with Gasteiger partial charge in [0.15, 0.2) is 25.2 Å². The van der Waals surface area contributed by atoms with Gasteiger partial charge >= 0.3 is 11.9 Å². The number of pyridine rings is 1. The fourth-order valence-corrected chi connectivity index (χ4v) is 16.6. The Bertz CT molecular complexity index is 2620. The van der Waals surface area contributed by atoms with E-state index in [1.165, 1.54) is 25.6 Å². The third-order valence-electron chi connectivity index (χ3n) is 21.6. The largest absolute Gasteiger partial charge is 0.458 e. The zero-order valence-electron chi connectivity index (χ0n) is 51.5. The molecule has 0 spiro atoms. The molecule has 8 aliphatic rings. The molecule has 22 nitrogen and oxygen atoms in total. The van der Waals surface area contributed by atoms with Gasteiger partial charge in [0.05, 0.1) is 65.4 Å². The average molecular weight is 1210 g/mol. The Kier molecular flexibility index (Phi) is 20.0. The number of esters is 2. The van der Waals surface area contributed by atoms with Gasteiger partial charge < -0.3 is 91.8 Å². The normalized spacial score (nSPS) is 46.4. The highest BCUT2D eigenvalue weighted by Crippen LogP contribution is 2.72. The average Bonchev–Trinajstić information content (AvgIpc) is 1.35. The van der Waals surface area contributed by atoms with Crippen LogP contribution in [0.15, 0.2) is 60.9 Å². The van der Waals surface area contributed by atoms with Gasteiger partial charge in [-0.2, -0.15) is 0 Å². The first kappa shape index (κ1) is 65.3. The van der Waals surface area contributed by atoms with Crippen molar-refractivity contribution in [3.8, 4) is 0 Å². The monoisotopic (exact) mass is 1210 g/mol. The highest BCUT2D eigenvalue weighted by molar-refractivity contribution is 5.89. The van der Waals surface area contributed by atoms with Crippen molar-refractivity contribution in [1.29, 1.82) is 0 Å². The minimum atomic E-state index is -1.97. The maximum absolute atomic E-state index is 14.0. The van der Waals surface area contributed by atoms with Crippen LogP contribution in [0.25, 0.3) is 6.08 Å². The van der Waals surface area contributed by atoms with E-state index in [9.17, 15) is 35.1 Å². The molecule has 27 unspecified atom stereocenters. The maximum atomic E-state index is 14.0. The molecule has 0 bridgehead atoms. The second-order valence-corrected chi connectivity index (χ2v) is 26.0. The van der Waals surface area contributed by atoms with E-state index < -0.39 is 162 Å². The summed E-state index contributed by atoms with van der Waals surface area (Å²) in [5.74, 6) is -1.89. The Morgan fingerprint density at radius 2 is 1.24 bits per heavy atom. The number of aromatic nitrogens is 1. The number of aliphatic hydroxyl groups is 5. The van der Waals surface area contributed by atoms with Crippen LogP contribution in [0.1, 0.15) is 135 Å². The molecule has 27 atom stereocenters. The molecule has 4 aliphatic heterocycles. The van der Waals surface area contributed by atoms with Gasteiger partial charge in [-0.25, -0.2) is 9.59 Å². The van der Waals surface area contributed by atoms with Crippen molar-refractivity contribution in [2.75, 3.05) is 28.4 Å². The second kappa shape index (κ2) is 26.3. The lowest BCUT2D eigenvalue weighted by Crippen LogP contribution is -2.79. The minimum Gasteiger partial charge on any atom is -0.458 e. The molecular formula is C64H93NO21. The number of benzene rings is 1. The fraction of sp³-hybridized carbons (Fsp3) is 0.766. The van der Waals surface area contributed by atoms with Crippen molar-refractivity contribution in [3.63, 3.8) is 0 Å². The third kappa shape index (κ3) is 12.0. The van der Waals surface area contributed by atoms with Crippen LogP contribution >= 0.6 is 0 Å². The van der Waals surface area contributed by atoms with E-state index in [1.54, 1.807) is 60.3 Å². The van der Waals surface area contributed by atoms with E-state index >= 15 is 0 Å². The van der Waals surface area contributed by atoms with E-state index in [4.69, 9.17) is 66.3 Å². The summed E-state index contributed by atoms with van der Waals surface area (Å²) in [6, 6.07) is 12.5. The molecule has 8 fully saturated rings. The Labute approximate surface area is 504 Å². The molecule has 0 amide bonds. The van der Waals surface area contributed by atoms with Crippen LogP contribution in [0.4, 0.5) is 0 Å². The SMILES string of the molecule is COC1CC(OC2CCC3(C)C(CCC4(O)C3CC(OC(=O)C=Cc3ccccc3)C3(C)C(O)(C(C)OC(=O)c5cccnc5)CCC43O)C2)OC(C)C1OC1CC(OC)C(OC2CC(OC)C(OC3OC(C)C(O)C(OC)C3O)C(C)O2)C(C)O1. The van der Waals surface area contributed by atoms with Gasteiger partial charge in [-0.05, 0) is 127 Å². The summed E-state index contributed by atoms with van der Waals surface area (Å²) in [4.78, 5) is 31.5. The number of fused-ring (bicyclic) bond motifs is 5. The molecule has 4 saturated carbocycles. The van der Waals surface area contributed by atoms with Gasteiger partial charge in [0.2, 0.25) is 0 Å². The van der Waals surface area contributed by atoms with Crippen LogP contribution in [0, 0.1) is 22.7 Å². The molecule has 0 radical (unpaired) electrons. The molecular weight excluding hydrogens is 1120 g/mol. The highest BCUT2D eigenvalue weighted by atomic mass is 16.8. The lowest BCUT2D eigenvalue weighted by Gasteiger charge is -2.69. The maximum Gasteiger partial charge on any atom is 0.340 e. The number of nitrogens with zero attached hydrogens (tertiary/aromatic N) is 1. The summed E-state index contributed by atoms with van der Waals surface area (Å²) in [6.07, 6.45) is -4.41. The molecule has 1 aromatic heterocycles. The minimum absolute atomic E-state index is 0.0307. The molecule has 4 saturated heterocycles. The molecule has 10 rings (SSSR count). The fourth-order valence-electron chi connectivity index (χ4n) is 16.6. The van der Waals surface area contributed by atoms with Crippen LogP contribution in [0.5, 0.6) is 0 Å². The number of aliphatic hydroxyl groups excluding tert-OH is 2. The zero-order valence-corrected chi connectivity index (χ0v) is 51.5. The molecule has 5 N–H and O–H groups in total. The number of rotatable bonds is 18. The number of carbonyl (C=O) groups is 2. The number of hydrogen-bond acceptors (Lipinski definition) is 22. The summed E-state index contributed by atoms with van der Waals surface area (Å²) in [6.45, 7) is 12.8. The quantitative estimate of drug-likeness (QED) is 0.0716. The van der Waals surface area contributed by atoms with Gasteiger partial charge in [0, 0.05) is 66.2 Å². The van der Waals surface area contributed by atoms with Crippen LogP contribution in [0.2, 0.25) is 0 Å². The number of carbonyl (C=O) groups excluding carboxylic acids is 2. The molecule has 480 valence electrons. The molecule has 1 aromatic carbocycles. The smallest absolute Gasteiger partial charge is 0.340 e. The Balaban J connectivity index is 0.767. The Hall–Kier alpha value is -3.63. The predicted octanol–water partition coefficient (Wildman–Crippen LogP) is 5.34. The number of hydrogen-bond donors (Lipinski definition) is 5. The molecule has 86 heavy (non-hydrogen) atoms. The van der Waals surface area contributed by atoms with E-state index in [0.717, 1.165) is 5.56 Å². The Morgan fingerprint density at radius 1 is 0.651 bits per heavy atom.